The lowest BCUT2D eigenvalue weighted by Gasteiger charge is -2.21. The molecule has 1 aromatic carbocycles. The number of nitrogens with two attached hydrogens (primary N) is 1. The first-order valence-electron chi connectivity index (χ1n) is 8.37. The molecule has 0 atom stereocenters. The fourth-order valence-corrected chi connectivity index (χ4v) is 3.04. The Hall–Kier alpha value is -2.37. The van der Waals surface area contributed by atoms with Gasteiger partial charge in [-0.1, -0.05) is 50.3 Å². The summed E-state index contributed by atoms with van der Waals surface area (Å²) in [6.07, 6.45) is 7.99. The van der Waals surface area contributed by atoms with Crippen molar-refractivity contribution in [1.82, 2.24) is 15.0 Å². The highest BCUT2D eigenvalue weighted by Gasteiger charge is 2.13. The largest absolute Gasteiger partial charge is 0.368 e. The lowest BCUT2D eigenvalue weighted by Crippen LogP contribution is -2.14. The van der Waals surface area contributed by atoms with Crippen LogP contribution in [0, 0.1) is 5.92 Å². The summed E-state index contributed by atoms with van der Waals surface area (Å²) in [6.45, 7) is 0.874. The molecule has 6 nitrogen and oxygen atoms in total. The molecule has 0 amide bonds. The number of benzene rings is 1. The Labute approximate surface area is 137 Å². The van der Waals surface area contributed by atoms with Crippen LogP contribution in [-0.2, 0) is 0 Å². The molecule has 4 N–H and O–H groups in total. The van der Waals surface area contributed by atoms with Gasteiger partial charge in [-0.3, -0.25) is 0 Å². The van der Waals surface area contributed by atoms with Gasteiger partial charge in [-0.25, -0.2) is 0 Å². The Morgan fingerprint density at radius 2 is 1.70 bits per heavy atom. The summed E-state index contributed by atoms with van der Waals surface area (Å²) in [5.74, 6) is 2.05. The summed E-state index contributed by atoms with van der Waals surface area (Å²) in [5.41, 5.74) is 6.71. The highest BCUT2D eigenvalue weighted by Crippen LogP contribution is 2.26. The Balaban J connectivity index is 1.56. The van der Waals surface area contributed by atoms with Crippen molar-refractivity contribution in [3.63, 3.8) is 0 Å². The van der Waals surface area contributed by atoms with Gasteiger partial charge >= 0.3 is 0 Å². The number of rotatable bonds is 6. The Kier molecular flexibility index (Phi) is 5.24. The normalized spacial score (nSPS) is 15.3. The molecule has 3 rings (SSSR count). The first kappa shape index (κ1) is 15.5. The van der Waals surface area contributed by atoms with Gasteiger partial charge in [0, 0.05) is 12.2 Å². The van der Waals surface area contributed by atoms with Gasteiger partial charge in [-0.15, -0.1) is 0 Å². The minimum absolute atomic E-state index is 0.221. The molecule has 2 aromatic rings. The van der Waals surface area contributed by atoms with E-state index in [1.807, 2.05) is 30.3 Å². The number of nitrogens with one attached hydrogen (secondary N) is 2. The summed E-state index contributed by atoms with van der Waals surface area (Å²) in [7, 11) is 0. The fraction of sp³-hybridized carbons (Fsp3) is 0.471. The molecule has 6 heteroatoms. The van der Waals surface area contributed by atoms with Gasteiger partial charge < -0.3 is 16.4 Å². The average molecular weight is 312 g/mol. The highest BCUT2D eigenvalue weighted by molar-refractivity contribution is 5.54. The van der Waals surface area contributed by atoms with E-state index in [1.165, 1.54) is 32.1 Å². The number of nitrogens with zero attached hydrogens (tertiary/aromatic N) is 3. The zero-order valence-corrected chi connectivity index (χ0v) is 13.3. The van der Waals surface area contributed by atoms with Crippen LogP contribution in [-0.4, -0.2) is 21.5 Å². The van der Waals surface area contributed by atoms with Gasteiger partial charge in [0.25, 0.3) is 0 Å². The van der Waals surface area contributed by atoms with Crippen molar-refractivity contribution >= 4 is 23.5 Å². The minimum Gasteiger partial charge on any atom is -0.368 e. The maximum absolute atomic E-state index is 5.79. The molecule has 1 fully saturated rings. The highest BCUT2D eigenvalue weighted by atomic mass is 15.2. The van der Waals surface area contributed by atoms with Crippen LogP contribution in [0.3, 0.4) is 0 Å². The second-order valence-electron chi connectivity index (χ2n) is 6.05. The van der Waals surface area contributed by atoms with Gasteiger partial charge in [0.05, 0.1) is 0 Å². The smallest absolute Gasteiger partial charge is 0.233 e. The summed E-state index contributed by atoms with van der Waals surface area (Å²) in [6, 6.07) is 9.78. The van der Waals surface area contributed by atoms with Crippen molar-refractivity contribution < 1.29 is 0 Å². The second kappa shape index (κ2) is 7.76. The predicted octanol–water partition coefficient (Wildman–Crippen LogP) is 3.58. The number of hydrogen-bond donors (Lipinski definition) is 3. The number of aromatic nitrogens is 3. The first-order chi connectivity index (χ1) is 11.3. The van der Waals surface area contributed by atoms with E-state index in [4.69, 9.17) is 5.73 Å². The predicted molar refractivity (Wildman–Crippen MR) is 93.6 cm³/mol. The van der Waals surface area contributed by atoms with Crippen LogP contribution in [0.4, 0.5) is 23.5 Å². The van der Waals surface area contributed by atoms with Crippen molar-refractivity contribution in [2.24, 2.45) is 5.92 Å². The Bertz CT molecular complexity index is 610. The van der Waals surface area contributed by atoms with E-state index >= 15 is 0 Å². The number of hydrogen-bond acceptors (Lipinski definition) is 6. The Morgan fingerprint density at radius 3 is 2.48 bits per heavy atom. The molecule has 1 aliphatic rings. The lowest BCUT2D eigenvalue weighted by atomic mass is 9.87. The summed E-state index contributed by atoms with van der Waals surface area (Å²) >= 11 is 0. The molecule has 0 aliphatic heterocycles. The zero-order chi connectivity index (χ0) is 15.9. The minimum atomic E-state index is 0.221. The molecule has 0 bridgehead atoms. The van der Waals surface area contributed by atoms with E-state index in [0.717, 1.165) is 24.6 Å². The van der Waals surface area contributed by atoms with Gasteiger partial charge in [-0.05, 0) is 24.5 Å². The maximum Gasteiger partial charge on any atom is 0.233 e. The van der Waals surface area contributed by atoms with Crippen LogP contribution < -0.4 is 16.4 Å². The molecular formula is C17H24N6. The van der Waals surface area contributed by atoms with Crippen LogP contribution >= 0.6 is 0 Å². The summed E-state index contributed by atoms with van der Waals surface area (Å²) in [5, 5.41) is 6.42. The molecule has 1 aliphatic carbocycles. The van der Waals surface area contributed by atoms with Gasteiger partial charge in [0.15, 0.2) is 0 Å². The topological polar surface area (TPSA) is 88.8 Å². The standard InChI is InChI=1S/C17H24N6/c18-15-21-16(19-12-11-13-7-3-1-4-8-13)23-17(22-15)20-14-9-5-2-6-10-14/h2,5-6,9-10,13H,1,3-4,7-8,11-12H2,(H4,18,19,20,21,22,23). The van der Waals surface area contributed by atoms with Crippen LogP contribution in [0.1, 0.15) is 38.5 Å². The van der Waals surface area contributed by atoms with E-state index in [1.54, 1.807) is 0 Å². The molecule has 122 valence electrons. The molecule has 0 radical (unpaired) electrons. The van der Waals surface area contributed by atoms with E-state index in [2.05, 4.69) is 25.6 Å². The first-order valence-corrected chi connectivity index (χ1v) is 8.37. The van der Waals surface area contributed by atoms with Crippen LogP contribution in [0.25, 0.3) is 0 Å². The summed E-state index contributed by atoms with van der Waals surface area (Å²) in [4.78, 5) is 12.7. The van der Waals surface area contributed by atoms with Crippen molar-refractivity contribution in [2.45, 2.75) is 38.5 Å². The number of nitrogen functional groups attached to an aromatic ring is 1. The van der Waals surface area contributed by atoms with E-state index in [9.17, 15) is 0 Å². The third-order valence-corrected chi connectivity index (χ3v) is 4.24. The van der Waals surface area contributed by atoms with Crippen molar-refractivity contribution in [3.05, 3.63) is 30.3 Å². The average Bonchev–Trinajstić information content (AvgIpc) is 2.56. The second-order valence-corrected chi connectivity index (χ2v) is 6.05. The molecule has 1 aromatic heterocycles. The van der Waals surface area contributed by atoms with E-state index in [-0.39, 0.29) is 5.95 Å². The quantitative estimate of drug-likeness (QED) is 0.755. The molecule has 0 spiro atoms. The van der Waals surface area contributed by atoms with Gasteiger partial charge in [0.2, 0.25) is 17.8 Å². The molecule has 1 saturated carbocycles. The molecule has 0 unspecified atom stereocenters. The third kappa shape index (κ3) is 4.81. The third-order valence-electron chi connectivity index (χ3n) is 4.24. The SMILES string of the molecule is Nc1nc(NCCC2CCCCC2)nc(Nc2ccccc2)n1. The van der Waals surface area contributed by atoms with Crippen molar-refractivity contribution in [1.29, 1.82) is 0 Å². The van der Waals surface area contributed by atoms with E-state index in [0.29, 0.717) is 11.9 Å². The van der Waals surface area contributed by atoms with Gasteiger partial charge in [0.1, 0.15) is 0 Å². The Morgan fingerprint density at radius 1 is 0.957 bits per heavy atom. The number of para-hydroxylation sites is 1. The van der Waals surface area contributed by atoms with Crippen molar-refractivity contribution in [3.8, 4) is 0 Å². The lowest BCUT2D eigenvalue weighted by molar-refractivity contribution is 0.345. The van der Waals surface area contributed by atoms with Crippen LogP contribution in [0.5, 0.6) is 0 Å². The van der Waals surface area contributed by atoms with E-state index < -0.39 is 0 Å². The van der Waals surface area contributed by atoms with Crippen molar-refractivity contribution in [2.75, 3.05) is 22.9 Å². The van der Waals surface area contributed by atoms with Gasteiger partial charge in [-0.2, -0.15) is 15.0 Å². The van der Waals surface area contributed by atoms with Crippen LogP contribution in [0.2, 0.25) is 0 Å². The molecule has 23 heavy (non-hydrogen) atoms. The molecular weight excluding hydrogens is 288 g/mol. The summed E-state index contributed by atoms with van der Waals surface area (Å²) < 4.78 is 0. The maximum atomic E-state index is 5.79. The molecule has 0 saturated heterocycles. The monoisotopic (exact) mass is 312 g/mol. The zero-order valence-electron chi connectivity index (χ0n) is 13.3. The number of anilines is 4. The van der Waals surface area contributed by atoms with Crippen LogP contribution in [0.15, 0.2) is 30.3 Å². The molecule has 1 heterocycles. The fourth-order valence-electron chi connectivity index (χ4n) is 3.04.